The van der Waals surface area contributed by atoms with Crippen LogP contribution in [0.4, 0.5) is 0 Å². The molecule has 0 saturated carbocycles. The van der Waals surface area contributed by atoms with Crippen molar-refractivity contribution in [3.05, 3.63) is 47.7 Å². The maximum Gasteiger partial charge on any atom is 0.226 e. The van der Waals surface area contributed by atoms with Crippen LogP contribution in [-0.2, 0) is 17.6 Å². The Morgan fingerprint density at radius 1 is 1.40 bits per heavy atom. The van der Waals surface area contributed by atoms with Gasteiger partial charge in [0.15, 0.2) is 5.82 Å². The number of likely N-dealkylation sites (tertiary alicyclic amines) is 1. The standard InChI is InChI=1S/C19H22N4O2/c1-2-17-21-19(22-25-17)16-8-5-11-23(16)18(24)10-9-13-12-20-15-7-4-3-6-14(13)15/h3-4,6-7,12,16,20H,2,5,8-11H2,1H3. The average Bonchev–Trinajstić information content (AvgIpc) is 3.37. The number of H-pyrrole nitrogens is 1. The summed E-state index contributed by atoms with van der Waals surface area (Å²) in [5.74, 6) is 1.44. The van der Waals surface area contributed by atoms with Gasteiger partial charge < -0.3 is 14.4 Å². The summed E-state index contributed by atoms with van der Waals surface area (Å²) in [6, 6.07) is 8.14. The first-order valence-electron chi connectivity index (χ1n) is 8.93. The van der Waals surface area contributed by atoms with Gasteiger partial charge in [-0.1, -0.05) is 30.3 Å². The maximum absolute atomic E-state index is 12.8. The van der Waals surface area contributed by atoms with Gasteiger partial charge in [0.1, 0.15) is 0 Å². The van der Waals surface area contributed by atoms with E-state index in [0.29, 0.717) is 24.6 Å². The first-order valence-corrected chi connectivity index (χ1v) is 8.93. The van der Waals surface area contributed by atoms with Crippen LogP contribution in [0.2, 0.25) is 0 Å². The molecule has 1 aliphatic rings. The molecule has 0 spiro atoms. The fraction of sp³-hybridized carbons (Fsp3) is 0.421. The fourth-order valence-electron chi connectivity index (χ4n) is 3.60. The summed E-state index contributed by atoms with van der Waals surface area (Å²) in [6.45, 7) is 2.75. The van der Waals surface area contributed by atoms with Crippen molar-refractivity contribution in [2.45, 2.75) is 45.1 Å². The summed E-state index contributed by atoms with van der Waals surface area (Å²) in [5.41, 5.74) is 2.30. The summed E-state index contributed by atoms with van der Waals surface area (Å²) in [5, 5.41) is 5.26. The van der Waals surface area contributed by atoms with E-state index < -0.39 is 0 Å². The maximum atomic E-state index is 12.8. The molecule has 3 heterocycles. The second-order valence-corrected chi connectivity index (χ2v) is 6.50. The highest BCUT2D eigenvalue weighted by Gasteiger charge is 2.33. The Kier molecular flexibility index (Phi) is 4.26. The molecule has 0 radical (unpaired) electrons. The molecule has 1 amide bonds. The minimum Gasteiger partial charge on any atom is -0.361 e. The minimum atomic E-state index is -0.0421. The smallest absolute Gasteiger partial charge is 0.226 e. The van der Waals surface area contributed by atoms with Crippen molar-refractivity contribution in [1.29, 1.82) is 0 Å². The normalized spacial score (nSPS) is 17.5. The number of aromatic amines is 1. The molecule has 6 nitrogen and oxygen atoms in total. The van der Waals surface area contributed by atoms with E-state index in [9.17, 15) is 4.79 Å². The van der Waals surface area contributed by atoms with E-state index in [0.717, 1.165) is 31.3 Å². The topological polar surface area (TPSA) is 75.0 Å². The molecule has 3 aromatic rings. The van der Waals surface area contributed by atoms with Gasteiger partial charge in [0.05, 0.1) is 6.04 Å². The Balaban J connectivity index is 1.45. The molecular weight excluding hydrogens is 316 g/mol. The molecule has 1 aliphatic heterocycles. The summed E-state index contributed by atoms with van der Waals surface area (Å²) >= 11 is 0. The molecule has 0 aliphatic carbocycles. The van der Waals surface area contributed by atoms with Crippen LogP contribution in [0.25, 0.3) is 10.9 Å². The number of nitrogens with zero attached hydrogens (tertiary/aromatic N) is 3. The summed E-state index contributed by atoms with van der Waals surface area (Å²) in [4.78, 5) is 22.4. The first kappa shape index (κ1) is 15.9. The van der Waals surface area contributed by atoms with Crippen LogP contribution in [0.5, 0.6) is 0 Å². The monoisotopic (exact) mass is 338 g/mol. The van der Waals surface area contributed by atoms with Gasteiger partial charge in [-0.2, -0.15) is 4.98 Å². The molecule has 25 heavy (non-hydrogen) atoms. The molecule has 2 aromatic heterocycles. The van der Waals surface area contributed by atoms with Gasteiger partial charge in [-0.05, 0) is 30.9 Å². The van der Waals surface area contributed by atoms with E-state index in [1.54, 1.807) is 0 Å². The lowest BCUT2D eigenvalue weighted by Crippen LogP contribution is -2.31. The number of aromatic nitrogens is 3. The molecule has 4 rings (SSSR count). The fourth-order valence-corrected chi connectivity index (χ4v) is 3.60. The zero-order valence-electron chi connectivity index (χ0n) is 14.4. The third-order valence-electron chi connectivity index (χ3n) is 4.94. The summed E-state index contributed by atoms with van der Waals surface area (Å²) in [7, 11) is 0. The Morgan fingerprint density at radius 3 is 3.12 bits per heavy atom. The number of carbonyl (C=O) groups excluding carboxylic acids is 1. The number of rotatable bonds is 5. The lowest BCUT2D eigenvalue weighted by Gasteiger charge is -2.22. The zero-order valence-corrected chi connectivity index (χ0v) is 14.4. The van der Waals surface area contributed by atoms with Crippen LogP contribution in [0.3, 0.4) is 0 Å². The van der Waals surface area contributed by atoms with Crippen molar-refractivity contribution in [2.75, 3.05) is 6.54 Å². The first-order chi connectivity index (χ1) is 12.3. The van der Waals surface area contributed by atoms with Gasteiger partial charge in [-0.3, -0.25) is 4.79 Å². The van der Waals surface area contributed by atoms with Crippen molar-refractivity contribution < 1.29 is 9.32 Å². The Labute approximate surface area is 146 Å². The molecule has 1 atom stereocenters. The lowest BCUT2D eigenvalue weighted by molar-refractivity contribution is -0.132. The number of carbonyl (C=O) groups is 1. The number of fused-ring (bicyclic) bond motifs is 1. The van der Waals surface area contributed by atoms with Crippen molar-refractivity contribution in [1.82, 2.24) is 20.0 Å². The van der Waals surface area contributed by atoms with E-state index in [2.05, 4.69) is 27.3 Å². The van der Waals surface area contributed by atoms with Crippen LogP contribution in [0.1, 0.15) is 49.5 Å². The van der Waals surface area contributed by atoms with Gasteiger partial charge in [0, 0.05) is 36.5 Å². The summed E-state index contributed by atoms with van der Waals surface area (Å²) in [6.07, 6.45) is 5.84. The third kappa shape index (κ3) is 3.04. The van der Waals surface area contributed by atoms with E-state index in [4.69, 9.17) is 4.52 Å². The largest absolute Gasteiger partial charge is 0.361 e. The molecule has 1 N–H and O–H groups in total. The molecule has 6 heteroatoms. The lowest BCUT2D eigenvalue weighted by atomic mass is 10.1. The number of para-hydroxylation sites is 1. The van der Waals surface area contributed by atoms with Gasteiger partial charge in [0.2, 0.25) is 11.8 Å². The van der Waals surface area contributed by atoms with Gasteiger partial charge >= 0.3 is 0 Å². The SMILES string of the molecule is CCc1nc(C2CCCN2C(=O)CCc2c[nH]c3ccccc23)no1. The molecule has 1 aromatic carbocycles. The zero-order chi connectivity index (χ0) is 17.2. The van der Waals surface area contributed by atoms with Crippen LogP contribution < -0.4 is 0 Å². The van der Waals surface area contributed by atoms with Gasteiger partial charge in [-0.15, -0.1) is 0 Å². The van der Waals surface area contributed by atoms with Gasteiger partial charge in [-0.25, -0.2) is 0 Å². The highest BCUT2D eigenvalue weighted by molar-refractivity contribution is 5.84. The van der Waals surface area contributed by atoms with E-state index in [-0.39, 0.29) is 11.9 Å². The molecule has 1 unspecified atom stereocenters. The Morgan fingerprint density at radius 2 is 2.28 bits per heavy atom. The Bertz CT molecular complexity index is 882. The number of amides is 1. The Hall–Kier alpha value is -2.63. The number of hydrogen-bond acceptors (Lipinski definition) is 4. The highest BCUT2D eigenvalue weighted by Crippen LogP contribution is 2.31. The van der Waals surface area contributed by atoms with E-state index in [1.807, 2.05) is 30.2 Å². The van der Waals surface area contributed by atoms with E-state index >= 15 is 0 Å². The van der Waals surface area contributed by atoms with Crippen molar-refractivity contribution in [2.24, 2.45) is 0 Å². The van der Waals surface area contributed by atoms with Crippen LogP contribution in [0, 0.1) is 0 Å². The number of aryl methyl sites for hydroxylation is 2. The molecule has 130 valence electrons. The average molecular weight is 338 g/mol. The van der Waals surface area contributed by atoms with Crippen LogP contribution >= 0.6 is 0 Å². The van der Waals surface area contributed by atoms with Crippen molar-refractivity contribution >= 4 is 16.8 Å². The highest BCUT2D eigenvalue weighted by atomic mass is 16.5. The third-order valence-corrected chi connectivity index (χ3v) is 4.94. The molecule has 0 bridgehead atoms. The van der Waals surface area contributed by atoms with Crippen LogP contribution in [-0.4, -0.2) is 32.5 Å². The van der Waals surface area contributed by atoms with Crippen molar-refractivity contribution in [3.63, 3.8) is 0 Å². The second-order valence-electron chi connectivity index (χ2n) is 6.50. The molecule has 1 saturated heterocycles. The second kappa shape index (κ2) is 6.70. The predicted octanol–water partition coefficient (Wildman–Crippen LogP) is 3.41. The number of nitrogens with one attached hydrogen (secondary N) is 1. The minimum absolute atomic E-state index is 0.0421. The quantitative estimate of drug-likeness (QED) is 0.773. The molecule has 1 fully saturated rings. The van der Waals surface area contributed by atoms with E-state index in [1.165, 1.54) is 10.9 Å². The predicted molar refractivity (Wildman–Crippen MR) is 94.0 cm³/mol. The van der Waals surface area contributed by atoms with Crippen LogP contribution in [0.15, 0.2) is 35.0 Å². The number of benzene rings is 1. The molecular formula is C19H22N4O2. The number of hydrogen-bond donors (Lipinski definition) is 1. The van der Waals surface area contributed by atoms with Gasteiger partial charge in [0.25, 0.3) is 0 Å². The summed E-state index contributed by atoms with van der Waals surface area (Å²) < 4.78 is 5.22. The van der Waals surface area contributed by atoms with Crippen molar-refractivity contribution in [3.8, 4) is 0 Å².